The number of benzene rings is 2. The molecule has 2 aromatic carbocycles. The Hall–Kier alpha value is -2.62. The van der Waals surface area contributed by atoms with Gasteiger partial charge in [-0.25, -0.2) is 4.98 Å². The summed E-state index contributed by atoms with van der Waals surface area (Å²) in [5.41, 5.74) is 3.80. The number of imidazole rings is 1. The quantitative estimate of drug-likeness (QED) is 0.799. The number of rotatable bonds is 3. The Morgan fingerprint density at radius 3 is 2.62 bits per heavy atom. The number of hydrogen-bond donors (Lipinski definition) is 1. The maximum Gasteiger partial charge on any atom is 0.244 e. The van der Waals surface area contributed by atoms with Crippen molar-refractivity contribution in [2.45, 2.75) is 20.4 Å². The zero-order valence-electron chi connectivity index (χ0n) is 12.1. The topological polar surface area (TPSA) is 46.9 Å². The van der Waals surface area contributed by atoms with Crippen molar-refractivity contribution in [1.29, 1.82) is 0 Å². The molecule has 0 bridgehead atoms. The van der Waals surface area contributed by atoms with Crippen molar-refractivity contribution in [3.63, 3.8) is 0 Å². The van der Waals surface area contributed by atoms with Gasteiger partial charge in [0.15, 0.2) is 0 Å². The SMILES string of the molecule is Cc1ccccc1NC(=O)Cn1c(C)nc2ccccc21. The molecule has 1 heterocycles. The first kappa shape index (κ1) is 13.4. The highest BCUT2D eigenvalue weighted by Crippen LogP contribution is 2.17. The molecule has 0 aliphatic rings. The van der Waals surface area contributed by atoms with E-state index in [1.54, 1.807) is 0 Å². The van der Waals surface area contributed by atoms with E-state index in [9.17, 15) is 4.79 Å². The van der Waals surface area contributed by atoms with Gasteiger partial charge in [0.25, 0.3) is 0 Å². The molecule has 106 valence electrons. The van der Waals surface area contributed by atoms with Gasteiger partial charge >= 0.3 is 0 Å². The van der Waals surface area contributed by atoms with Crippen LogP contribution in [0.5, 0.6) is 0 Å². The molecule has 0 fully saturated rings. The van der Waals surface area contributed by atoms with Gasteiger partial charge in [0.2, 0.25) is 5.91 Å². The van der Waals surface area contributed by atoms with E-state index < -0.39 is 0 Å². The first-order valence-electron chi connectivity index (χ1n) is 6.92. The summed E-state index contributed by atoms with van der Waals surface area (Å²) in [6.45, 7) is 4.16. The number of hydrogen-bond acceptors (Lipinski definition) is 2. The predicted octanol–water partition coefficient (Wildman–Crippen LogP) is 3.29. The lowest BCUT2D eigenvalue weighted by molar-refractivity contribution is -0.116. The summed E-state index contributed by atoms with van der Waals surface area (Å²) >= 11 is 0. The largest absolute Gasteiger partial charge is 0.324 e. The standard InChI is InChI=1S/C17H17N3O/c1-12-7-3-4-8-14(12)19-17(21)11-20-13(2)18-15-9-5-6-10-16(15)20/h3-10H,11H2,1-2H3,(H,19,21). The van der Waals surface area contributed by atoms with Crippen molar-refractivity contribution in [1.82, 2.24) is 9.55 Å². The molecule has 1 N–H and O–H groups in total. The highest BCUT2D eigenvalue weighted by Gasteiger charge is 2.11. The summed E-state index contributed by atoms with van der Waals surface area (Å²) in [6, 6.07) is 15.6. The number of carbonyl (C=O) groups is 1. The molecular formula is C17H17N3O. The predicted molar refractivity (Wildman–Crippen MR) is 84.3 cm³/mol. The van der Waals surface area contributed by atoms with Gasteiger partial charge in [-0.3, -0.25) is 4.79 Å². The molecular weight excluding hydrogens is 262 g/mol. The van der Waals surface area contributed by atoms with Crippen LogP contribution >= 0.6 is 0 Å². The molecule has 0 spiro atoms. The van der Waals surface area contributed by atoms with Gasteiger partial charge in [0, 0.05) is 5.69 Å². The average molecular weight is 279 g/mol. The number of para-hydroxylation sites is 3. The van der Waals surface area contributed by atoms with Crippen molar-refractivity contribution in [3.8, 4) is 0 Å². The lowest BCUT2D eigenvalue weighted by Crippen LogP contribution is -2.19. The average Bonchev–Trinajstić information content (AvgIpc) is 2.78. The minimum absolute atomic E-state index is 0.0458. The molecule has 0 aliphatic heterocycles. The fourth-order valence-electron chi connectivity index (χ4n) is 2.44. The second-order valence-corrected chi connectivity index (χ2v) is 5.10. The first-order valence-corrected chi connectivity index (χ1v) is 6.92. The van der Waals surface area contributed by atoms with Crippen LogP contribution in [0.2, 0.25) is 0 Å². The lowest BCUT2D eigenvalue weighted by atomic mass is 10.2. The van der Waals surface area contributed by atoms with Crippen molar-refractivity contribution in [3.05, 3.63) is 59.9 Å². The van der Waals surface area contributed by atoms with Crippen LogP contribution in [0.3, 0.4) is 0 Å². The Balaban J connectivity index is 1.84. The van der Waals surface area contributed by atoms with Crippen LogP contribution in [0.1, 0.15) is 11.4 Å². The molecule has 0 saturated carbocycles. The van der Waals surface area contributed by atoms with Crippen molar-refractivity contribution in [2.24, 2.45) is 0 Å². The Morgan fingerprint density at radius 2 is 1.81 bits per heavy atom. The van der Waals surface area contributed by atoms with Gasteiger partial charge in [-0.15, -0.1) is 0 Å². The van der Waals surface area contributed by atoms with Crippen LogP contribution in [0.25, 0.3) is 11.0 Å². The summed E-state index contributed by atoms with van der Waals surface area (Å²) in [4.78, 5) is 16.7. The third-order valence-electron chi connectivity index (χ3n) is 3.57. The van der Waals surface area contributed by atoms with E-state index in [0.29, 0.717) is 0 Å². The second-order valence-electron chi connectivity index (χ2n) is 5.10. The highest BCUT2D eigenvalue weighted by molar-refractivity contribution is 5.92. The third kappa shape index (κ3) is 2.65. The van der Waals surface area contributed by atoms with Crippen molar-refractivity contribution < 1.29 is 4.79 Å². The molecule has 0 saturated heterocycles. The Bertz CT molecular complexity index is 805. The first-order chi connectivity index (χ1) is 10.1. The number of aryl methyl sites for hydroxylation is 2. The van der Waals surface area contributed by atoms with Gasteiger partial charge in [-0.1, -0.05) is 30.3 Å². The van der Waals surface area contributed by atoms with Crippen LogP contribution in [0.15, 0.2) is 48.5 Å². The van der Waals surface area contributed by atoms with Gasteiger partial charge in [0.05, 0.1) is 11.0 Å². The molecule has 0 unspecified atom stereocenters. The molecule has 3 rings (SSSR count). The number of anilines is 1. The fourth-order valence-corrected chi connectivity index (χ4v) is 2.44. The minimum atomic E-state index is -0.0458. The molecule has 21 heavy (non-hydrogen) atoms. The highest BCUT2D eigenvalue weighted by atomic mass is 16.1. The summed E-state index contributed by atoms with van der Waals surface area (Å²) < 4.78 is 1.93. The third-order valence-corrected chi connectivity index (χ3v) is 3.57. The van der Waals surface area contributed by atoms with Gasteiger partial charge in [-0.05, 0) is 37.6 Å². The molecule has 1 amide bonds. The maximum atomic E-state index is 12.3. The van der Waals surface area contributed by atoms with Crippen LogP contribution in [-0.2, 0) is 11.3 Å². The molecule has 0 radical (unpaired) electrons. The van der Waals surface area contributed by atoms with Crippen LogP contribution < -0.4 is 5.32 Å². The Kier molecular flexibility index (Phi) is 3.44. The molecule has 0 aliphatic carbocycles. The zero-order chi connectivity index (χ0) is 14.8. The second kappa shape index (κ2) is 5.40. The molecule has 4 nitrogen and oxygen atoms in total. The van der Waals surface area contributed by atoms with Crippen molar-refractivity contribution in [2.75, 3.05) is 5.32 Å². The van der Waals surface area contributed by atoms with E-state index >= 15 is 0 Å². The maximum absolute atomic E-state index is 12.3. The molecule has 4 heteroatoms. The summed E-state index contributed by atoms with van der Waals surface area (Å²) in [5, 5.41) is 2.95. The Labute approximate surface area is 123 Å². The number of aromatic nitrogens is 2. The van der Waals surface area contributed by atoms with Crippen LogP contribution in [0.4, 0.5) is 5.69 Å². The number of amides is 1. The molecule has 1 aromatic heterocycles. The van der Waals surface area contributed by atoms with Gasteiger partial charge < -0.3 is 9.88 Å². The van der Waals surface area contributed by atoms with Gasteiger partial charge in [0.1, 0.15) is 12.4 Å². The lowest BCUT2D eigenvalue weighted by Gasteiger charge is -2.10. The monoisotopic (exact) mass is 279 g/mol. The summed E-state index contributed by atoms with van der Waals surface area (Å²) in [7, 11) is 0. The van der Waals surface area contributed by atoms with Crippen LogP contribution in [0, 0.1) is 13.8 Å². The summed E-state index contributed by atoms with van der Waals surface area (Å²) in [6.07, 6.45) is 0. The van der Waals surface area contributed by atoms with E-state index in [1.807, 2.05) is 66.9 Å². The summed E-state index contributed by atoms with van der Waals surface area (Å²) in [5.74, 6) is 0.798. The van der Waals surface area contributed by atoms with Crippen LogP contribution in [-0.4, -0.2) is 15.5 Å². The van der Waals surface area contributed by atoms with Gasteiger partial charge in [-0.2, -0.15) is 0 Å². The van der Waals surface area contributed by atoms with Crippen molar-refractivity contribution >= 4 is 22.6 Å². The van der Waals surface area contributed by atoms with E-state index in [2.05, 4.69) is 10.3 Å². The smallest absolute Gasteiger partial charge is 0.244 e. The fraction of sp³-hybridized carbons (Fsp3) is 0.176. The minimum Gasteiger partial charge on any atom is -0.324 e. The number of carbonyl (C=O) groups excluding carboxylic acids is 1. The molecule has 3 aromatic rings. The van der Waals surface area contributed by atoms with E-state index in [1.165, 1.54) is 0 Å². The zero-order valence-corrected chi connectivity index (χ0v) is 12.1. The number of fused-ring (bicyclic) bond motifs is 1. The number of nitrogens with one attached hydrogen (secondary N) is 1. The number of nitrogens with zero attached hydrogens (tertiary/aromatic N) is 2. The van der Waals surface area contributed by atoms with E-state index in [0.717, 1.165) is 28.1 Å². The Morgan fingerprint density at radius 1 is 1.10 bits per heavy atom. The van der Waals surface area contributed by atoms with E-state index in [4.69, 9.17) is 0 Å². The van der Waals surface area contributed by atoms with E-state index in [-0.39, 0.29) is 12.5 Å². The molecule has 0 atom stereocenters. The normalized spacial score (nSPS) is 10.8.